The minimum Gasteiger partial charge on any atom is -0.370 e. The van der Waals surface area contributed by atoms with Crippen LogP contribution in [0.1, 0.15) is 26.2 Å². The fourth-order valence-electron chi connectivity index (χ4n) is 2.31. The van der Waals surface area contributed by atoms with E-state index in [2.05, 4.69) is 16.9 Å². The number of aromatic nitrogens is 2. The number of aryl methyl sites for hydroxylation is 1. The van der Waals surface area contributed by atoms with E-state index in [4.69, 9.17) is 5.84 Å². The monoisotopic (exact) mass is 279 g/mol. The smallest absolute Gasteiger partial charge is 0.268 e. The van der Waals surface area contributed by atoms with Gasteiger partial charge in [0, 0.05) is 25.6 Å². The zero-order valence-electron chi connectivity index (χ0n) is 11.7. The molecule has 7 heteroatoms. The Balaban J connectivity index is 2.02. The molecule has 0 spiro atoms. The van der Waals surface area contributed by atoms with Gasteiger partial charge in [0.05, 0.1) is 18.4 Å². The highest BCUT2D eigenvalue weighted by Crippen LogP contribution is 2.20. The maximum atomic E-state index is 12.0. The Morgan fingerprint density at radius 3 is 2.80 bits per heavy atom. The molecular formula is C13H21N5O2. The summed E-state index contributed by atoms with van der Waals surface area (Å²) >= 11 is 0. The number of anilines is 1. The summed E-state index contributed by atoms with van der Waals surface area (Å²) in [5.74, 6) is 5.43. The Morgan fingerprint density at radius 2 is 2.20 bits per heavy atom. The van der Waals surface area contributed by atoms with Crippen LogP contribution in [0.5, 0.6) is 0 Å². The van der Waals surface area contributed by atoms with Gasteiger partial charge in [-0.25, -0.2) is 10.5 Å². The van der Waals surface area contributed by atoms with E-state index >= 15 is 0 Å². The number of carbonyl (C=O) groups is 1. The highest BCUT2D eigenvalue weighted by atomic mass is 16.2. The molecule has 0 aromatic carbocycles. The fraction of sp³-hybridized carbons (Fsp3) is 0.615. The van der Waals surface area contributed by atoms with Crippen LogP contribution in [-0.4, -0.2) is 28.8 Å². The Labute approximate surface area is 117 Å². The molecule has 0 unspecified atom stereocenters. The summed E-state index contributed by atoms with van der Waals surface area (Å²) in [7, 11) is 0. The second-order valence-corrected chi connectivity index (χ2v) is 5.26. The molecule has 1 aromatic heterocycles. The van der Waals surface area contributed by atoms with Crippen molar-refractivity contribution in [2.45, 2.75) is 32.7 Å². The summed E-state index contributed by atoms with van der Waals surface area (Å²) in [6.45, 7) is 4.40. The van der Waals surface area contributed by atoms with Gasteiger partial charge in [-0.1, -0.05) is 6.92 Å². The fourth-order valence-corrected chi connectivity index (χ4v) is 2.31. The normalized spacial score (nSPS) is 16.2. The lowest BCUT2D eigenvalue weighted by molar-refractivity contribution is -0.121. The predicted octanol–water partition coefficient (Wildman–Crippen LogP) is -0.140. The first-order valence-electron chi connectivity index (χ1n) is 6.91. The molecule has 0 aliphatic carbocycles. The number of rotatable bonds is 4. The van der Waals surface area contributed by atoms with E-state index in [0.717, 1.165) is 37.5 Å². The maximum Gasteiger partial charge on any atom is 0.268 e. The highest BCUT2D eigenvalue weighted by Gasteiger charge is 2.17. The molecule has 110 valence electrons. The molecule has 1 saturated heterocycles. The molecule has 1 aliphatic rings. The second kappa shape index (κ2) is 6.51. The number of nitrogens with one attached hydrogen (secondary N) is 1. The van der Waals surface area contributed by atoms with Crippen molar-refractivity contribution in [1.29, 1.82) is 0 Å². The van der Waals surface area contributed by atoms with Crippen molar-refractivity contribution in [3.8, 4) is 0 Å². The molecule has 1 amide bonds. The molecule has 0 radical (unpaired) electrons. The highest BCUT2D eigenvalue weighted by molar-refractivity contribution is 5.74. The third-order valence-corrected chi connectivity index (χ3v) is 3.72. The number of hydrogen-bond acceptors (Lipinski definition) is 5. The van der Waals surface area contributed by atoms with Crippen LogP contribution >= 0.6 is 0 Å². The molecule has 20 heavy (non-hydrogen) atoms. The van der Waals surface area contributed by atoms with E-state index < -0.39 is 0 Å². The van der Waals surface area contributed by atoms with Crippen molar-refractivity contribution in [2.24, 2.45) is 11.8 Å². The van der Waals surface area contributed by atoms with Crippen LogP contribution in [0.4, 0.5) is 5.69 Å². The van der Waals surface area contributed by atoms with Crippen molar-refractivity contribution in [3.63, 3.8) is 0 Å². The number of hydrazine groups is 1. The lowest BCUT2D eigenvalue weighted by Gasteiger charge is -2.31. The van der Waals surface area contributed by atoms with Crippen LogP contribution in [0, 0.1) is 5.92 Å². The van der Waals surface area contributed by atoms with Gasteiger partial charge in [-0.3, -0.25) is 15.0 Å². The molecular weight excluding hydrogens is 258 g/mol. The zero-order valence-corrected chi connectivity index (χ0v) is 11.7. The average molecular weight is 279 g/mol. The molecule has 0 saturated carbocycles. The lowest BCUT2D eigenvalue weighted by Crippen LogP contribution is -2.35. The SMILES string of the molecule is CC1CCN(c2cnn(CCC(=O)NN)c(=O)c2)CC1. The van der Waals surface area contributed by atoms with Crippen molar-refractivity contribution in [3.05, 3.63) is 22.6 Å². The van der Waals surface area contributed by atoms with Crippen LogP contribution in [0.3, 0.4) is 0 Å². The van der Waals surface area contributed by atoms with E-state index in [1.807, 2.05) is 5.43 Å². The first-order valence-corrected chi connectivity index (χ1v) is 6.91. The Kier molecular flexibility index (Phi) is 4.73. The minimum absolute atomic E-state index is 0.143. The summed E-state index contributed by atoms with van der Waals surface area (Å²) in [6.07, 6.45) is 4.11. The van der Waals surface area contributed by atoms with Crippen molar-refractivity contribution < 1.29 is 4.79 Å². The summed E-state index contributed by atoms with van der Waals surface area (Å²) in [5.41, 5.74) is 2.71. The van der Waals surface area contributed by atoms with Gasteiger partial charge in [-0.05, 0) is 18.8 Å². The molecule has 1 aliphatic heterocycles. The van der Waals surface area contributed by atoms with Gasteiger partial charge < -0.3 is 4.90 Å². The van der Waals surface area contributed by atoms with E-state index in [9.17, 15) is 9.59 Å². The molecule has 0 bridgehead atoms. The summed E-state index contributed by atoms with van der Waals surface area (Å²) in [6, 6.07) is 1.59. The Bertz CT molecular complexity index is 520. The van der Waals surface area contributed by atoms with Gasteiger partial charge in [-0.2, -0.15) is 5.10 Å². The summed E-state index contributed by atoms with van der Waals surface area (Å²) < 4.78 is 1.28. The summed E-state index contributed by atoms with van der Waals surface area (Å²) in [4.78, 5) is 25.2. The average Bonchev–Trinajstić information content (AvgIpc) is 2.46. The number of carbonyl (C=O) groups excluding carboxylic acids is 1. The van der Waals surface area contributed by atoms with E-state index in [1.165, 1.54) is 4.68 Å². The Morgan fingerprint density at radius 1 is 1.50 bits per heavy atom. The van der Waals surface area contributed by atoms with Crippen molar-refractivity contribution in [2.75, 3.05) is 18.0 Å². The first kappa shape index (κ1) is 14.5. The number of amides is 1. The first-order chi connectivity index (χ1) is 9.60. The maximum absolute atomic E-state index is 12.0. The topological polar surface area (TPSA) is 93.2 Å². The van der Waals surface area contributed by atoms with Crippen LogP contribution < -0.4 is 21.7 Å². The molecule has 0 atom stereocenters. The molecule has 1 fully saturated rings. The third-order valence-electron chi connectivity index (χ3n) is 3.72. The van der Waals surface area contributed by atoms with Crippen LogP contribution in [0.15, 0.2) is 17.1 Å². The number of piperidine rings is 1. The summed E-state index contributed by atoms with van der Waals surface area (Å²) in [5, 5.41) is 4.12. The zero-order chi connectivity index (χ0) is 14.5. The Hall–Kier alpha value is -1.89. The van der Waals surface area contributed by atoms with E-state index in [1.54, 1.807) is 12.3 Å². The second-order valence-electron chi connectivity index (χ2n) is 5.26. The van der Waals surface area contributed by atoms with Gasteiger partial charge in [0.1, 0.15) is 0 Å². The quantitative estimate of drug-likeness (QED) is 0.454. The van der Waals surface area contributed by atoms with Gasteiger partial charge in [0.2, 0.25) is 5.91 Å². The van der Waals surface area contributed by atoms with E-state index in [-0.39, 0.29) is 24.4 Å². The van der Waals surface area contributed by atoms with Crippen LogP contribution in [0.2, 0.25) is 0 Å². The van der Waals surface area contributed by atoms with Crippen molar-refractivity contribution >= 4 is 11.6 Å². The molecule has 1 aromatic rings. The number of nitrogens with zero attached hydrogens (tertiary/aromatic N) is 3. The van der Waals surface area contributed by atoms with Gasteiger partial charge >= 0.3 is 0 Å². The standard InChI is InChI=1S/C13H21N5O2/c1-10-2-5-17(6-3-10)11-8-13(20)18(15-9-11)7-4-12(19)16-14/h8-10H,2-7,14H2,1H3,(H,16,19). The van der Waals surface area contributed by atoms with Gasteiger partial charge in [0.25, 0.3) is 5.56 Å². The van der Waals surface area contributed by atoms with E-state index in [0.29, 0.717) is 0 Å². The largest absolute Gasteiger partial charge is 0.370 e. The van der Waals surface area contributed by atoms with Crippen molar-refractivity contribution in [1.82, 2.24) is 15.2 Å². The molecule has 2 heterocycles. The molecule has 2 rings (SSSR count). The lowest BCUT2D eigenvalue weighted by atomic mass is 9.99. The van der Waals surface area contributed by atoms with Gasteiger partial charge in [0.15, 0.2) is 0 Å². The van der Waals surface area contributed by atoms with Crippen LogP contribution in [0.25, 0.3) is 0 Å². The third kappa shape index (κ3) is 3.57. The van der Waals surface area contributed by atoms with Crippen LogP contribution in [-0.2, 0) is 11.3 Å². The van der Waals surface area contributed by atoms with Gasteiger partial charge in [-0.15, -0.1) is 0 Å². The number of hydrogen-bond donors (Lipinski definition) is 2. The predicted molar refractivity (Wildman–Crippen MR) is 76.1 cm³/mol. The molecule has 7 nitrogen and oxygen atoms in total. The minimum atomic E-state index is -0.312. The number of nitrogens with two attached hydrogens (primary N) is 1. The molecule has 3 N–H and O–H groups in total.